The van der Waals surface area contributed by atoms with Gasteiger partial charge in [0.2, 0.25) is 26.0 Å². The Labute approximate surface area is 264 Å². The van der Waals surface area contributed by atoms with E-state index in [1.807, 2.05) is 18.0 Å². The van der Waals surface area contributed by atoms with Crippen molar-refractivity contribution in [2.45, 2.75) is 18.4 Å². The topological polar surface area (TPSA) is 181 Å². The molecule has 1 aliphatic heterocycles. The van der Waals surface area contributed by atoms with Crippen LogP contribution in [-0.4, -0.2) is 96.6 Å². The monoisotopic (exact) mass is 655 g/mol. The molecule has 1 fully saturated rings. The molecule has 1 aromatic heterocycles. The summed E-state index contributed by atoms with van der Waals surface area (Å²) in [5.74, 6) is -0.146. The molecule has 0 unspecified atom stereocenters. The number of nitriles is 1. The summed E-state index contributed by atoms with van der Waals surface area (Å²) in [5.41, 5.74) is 2.42. The van der Waals surface area contributed by atoms with Gasteiger partial charge in [0.05, 0.1) is 22.4 Å². The molecule has 14 nitrogen and oxygen atoms in total. The van der Waals surface area contributed by atoms with Crippen molar-refractivity contribution in [2.24, 2.45) is 0 Å². The van der Waals surface area contributed by atoms with Crippen molar-refractivity contribution >= 4 is 43.3 Å². The lowest BCUT2D eigenvalue weighted by Gasteiger charge is -2.34. The molecule has 1 saturated heterocycles. The number of hydrogen-bond acceptors (Lipinski definition) is 11. The summed E-state index contributed by atoms with van der Waals surface area (Å²) in [6.45, 7) is 4.84. The zero-order valence-corrected chi connectivity index (χ0v) is 27.2. The number of likely N-dealkylation sites (N-methyl/N-ethyl adjacent to an activating group) is 1. The van der Waals surface area contributed by atoms with Crippen LogP contribution in [0.4, 0.5) is 17.3 Å². The Morgan fingerprint density at radius 3 is 2.31 bits per heavy atom. The van der Waals surface area contributed by atoms with Crippen molar-refractivity contribution in [1.29, 1.82) is 5.26 Å². The van der Waals surface area contributed by atoms with Gasteiger partial charge in [-0.3, -0.25) is 9.10 Å². The normalized spacial score (nSPS) is 14.2. The largest absolute Gasteiger partial charge is 0.338 e. The number of rotatable bonds is 12. The number of aromatic nitrogens is 2. The fourth-order valence-electron chi connectivity index (χ4n) is 4.71. The fraction of sp³-hybridized carbons (Fsp3) is 0.379. The highest BCUT2D eigenvalue weighted by molar-refractivity contribution is 7.92. The smallest absolute Gasteiger partial charge is 0.257 e. The van der Waals surface area contributed by atoms with Crippen LogP contribution in [0.15, 0.2) is 53.4 Å². The molecule has 0 radical (unpaired) electrons. The Morgan fingerprint density at radius 1 is 1.00 bits per heavy atom. The van der Waals surface area contributed by atoms with Crippen LogP contribution in [0.25, 0.3) is 0 Å². The van der Waals surface area contributed by atoms with E-state index in [9.17, 15) is 26.9 Å². The van der Waals surface area contributed by atoms with E-state index >= 15 is 0 Å². The molecular formula is C29H37N9O5S2. The molecule has 45 heavy (non-hydrogen) atoms. The summed E-state index contributed by atoms with van der Waals surface area (Å²) in [7, 11) is -4.24. The number of carbonyl (C=O) groups is 1. The quantitative estimate of drug-likeness (QED) is 0.238. The lowest BCUT2D eigenvalue weighted by Crippen LogP contribution is -2.49. The van der Waals surface area contributed by atoms with Crippen LogP contribution in [0.2, 0.25) is 0 Å². The standard InChI is InChI=1S/C29H37N9O5S2/c1-21-17-24(19-30)35-29(33-21)37-13-15-38(16-14-37)45(42,43)25-8-6-23(7-9-25)34-28(39)26-18-22(20-32-12-11-31-2)5-10-27(26)36(3)44(4,40)41/h5-10,17-18,31-32H,11-16,20H2,1-4H3,(H,34,39). The highest BCUT2D eigenvalue weighted by Gasteiger charge is 2.30. The highest BCUT2D eigenvalue weighted by Crippen LogP contribution is 2.26. The van der Waals surface area contributed by atoms with Crippen LogP contribution >= 0.6 is 0 Å². The lowest BCUT2D eigenvalue weighted by molar-refractivity contribution is 0.102. The molecule has 3 aromatic rings. The van der Waals surface area contributed by atoms with Gasteiger partial charge < -0.3 is 20.9 Å². The zero-order valence-electron chi connectivity index (χ0n) is 25.6. The molecule has 3 N–H and O–H groups in total. The van der Waals surface area contributed by atoms with Gasteiger partial charge >= 0.3 is 0 Å². The molecule has 4 rings (SSSR count). The van der Waals surface area contributed by atoms with Crippen molar-refractivity contribution in [3.8, 4) is 6.07 Å². The molecule has 0 bridgehead atoms. The molecule has 2 heterocycles. The molecule has 2 aromatic carbocycles. The molecule has 1 aliphatic rings. The fourth-order valence-corrected chi connectivity index (χ4v) is 6.65. The first-order valence-corrected chi connectivity index (χ1v) is 17.5. The van der Waals surface area contributed by atoms with E-state index in [2.05, 4.69) is 25.9 Å². The number of hydrogen-bond donors (Lipinski definition) is 3. The number of nitrogens with zero attached hydrogens (tertiary/aromatic N) is 6. The van der Waals surface area contributed by atoms with Crippen LogP contribution in [0, 0.1) is 18.3 Å². The minimum Gasteiger partial charge on any atom is -0.338 e. The number of anilines is 3. The third-order valence-electron chi connectivity index (χ3n) is 7.25. The second kappa shape index (κ2) is 14.3. The Morgan fingerprint density at radius 2 is 1.69 bits per heavy atom. The van der Waals surface area contributed by atoms with Crippen LogP contribution in [0.1, 0.15) is 27.3 Å². The van der Waals surface area contributed by atoms with Crippen molar-refractivity contribution in [2.75, 3.05) is 74.1 Å². The lowest BCUT2D eigenvalue weighted by atomic mass is 10.1. The number of sulfonamides is 2. The van der Waals surface area contributed by atoms with Crippen LogP contribution in [0.5, 0.6) is 0 Å². The van der Waals surface area contributed by atoms with Gasteiger partial charge in [-0.05, 0) is 62.0 Å². The molecule has 0 atom stereocenters. The molecule has 0 aliphatic carbocycles. The number of aryl methyl sites for hydroxylation is 1. The zero-order chi connectivity index (χ0) is 32.8. The highest BCUT2D eigenvalue weighted by atomic mass is 32.2. The van der Waals surface area contributed by atoms with E-state index in [4.69, 9.17) is 0 Å². The predicted molar refractivity (Wildman–Crippen MR) is 172 cm³/mol. The Kier molecular flexibility index (Phi) is 10.7. The summed E-state index contributed by atoms with van der Waals surface area (Å²) in [4.78, 5) is 24.0. The van der Waals surface area contributed by atoms with E-state index in [-0.39, 0.29) is 34.9 Å². The molecule has 0 saturated carbocycles. The maximum atomic E-state index is 13.4. The summed E-state index contributed by atoms with van der Waals surface area (Å²) < 4.78 is 53.8. The summed E-state index contributed by atoms with van der Waals surface area (Å²) in [6.07, 6.45) is 1.06. The van der Waals surface area contributed by atoms with Crippen LogP contribution in [0.3, 0.4) is 0 Å². The van der Waals surface area contributed by atoms with Crippen molar-refractivity contribution in [3.63, 3.8) is 0 Å². The third kappa shape index (κ3) is 8.32. The SMILES string of the molecule is CNCCNCc1ccc(N(C)S(C)(=O)=O)c(C(=O)Nc2ccc(S(=O)(=O)N3CCN(c4nc(C)cc(C#N)n4)CC3)cc2)c1. The van der Waals surface area contributed by atoms with Crippen LogP contribution < -0.4 is 25.2 Å². The molecule has 0 spiro atoms. The van der Waals surface area contributed by atoms with E-state index in [0.717, 1.165) is 22.7 Å². The van der Waals surface area contributed by atoms with Gasteiger partial charge in [0.25, 0.3) is 5.91 Å². The van der Waals surface area contributed by atoms with E-state index in [0.29, 0.717) is 43.5 Å². The average molecular weight is 656 g/mol. The minimum atomic E-state index is -3.82. The first-order valence-electron chi connectivity index (χ1n) is 14.2. The molecule has 1 amide bonds. The van der Waals surface area contributed by atoms with Gasteiger partial charge in [-0.25, -0.2) is 26.8 Å². The molecule has 16 heteroatoms. The van der Waals surface area contributed by atoms with E-state index in [1.54, 1.807) is 31.2 Å². The Balaban J connectivity index is 1.46. The van der Waals surface area contributed by atoms with E-state index < -0.39 is 26.0 Å². The maximum absolute atomic E-state index is 13.4. The van der Waals surface area contributed by atoms with Gasteiger partial charge in [0, 0.05) is 64.2 Å². The van der Waals surface area contributed by atoms with Crippen molar-refractivity contribution in [1.82, 2.24) is 24.9 Å². The molecular weight excluding hydrogens is 619 g/mol. The summed E-state index contributed by atoms with van der Waals surface area (Å²) in [6, 6.07) is 14.4. The minimum absolute atomic E-state index is 0.0691. The van der Waals surface area contributed by atoms with Crippen molar-refractivity contribution < 1.29 is 21.6 Å². The first kappa shape index (κ1) is 33.7. The number of benzene rings is 2. The third-order valence-corrected chi connectivity index (χ3v) is 10.4. The summed E-state index contributed by atoms with van der Waals surface area (Å²) in [5, 5.41) is 18.3. The van der Waals surface area contributed by atoms with Crippen LogP contribution in [-0.2, 0) is 26.6 Å². The second-order valence-corrected chi connectivity index (χ2v) is 14.5. The number of nitrogens with one attached hydrogen (secondary N) is 3. The van der Waals surface area contributed by atoms with Crippen molar-refractivity contribution in [3.05, 3.63) is 71.0 Å². The molecule has 240 valence electrons. The first-order chi connectivity index (χ1) is 21.3. The van der Waals surface area contributed by atoms with Gasteiger partial charge in [-0.1, -0.05) is 6.07 Å². The van der Waals surface area contributed by atoms with Gasteiger partial charge in [-0.2, -0.15) is 9.57 Å². The average Bonchev–Trinajstić information content (AvgIpc) is 3.02. The predicted octanol–water partition coefficient (Wildman–Crippen LogP) is 1.12. The number of piperazine rings is 1. The van der Waals surface area contributed by atoms with Gasteiger partial charge in [-0.15, -0.1) is 0 Å². The second-order valence-electron chi connectivity index (χ2n) is 10.5. The van der Waals surface area contributed by atoms with Gasteiger partial charge in [0.1, 0.15) is 11.8 Å². The number of carbonyl (C=O) groups excluding carboxylic acids is 1. The van der Waals surface area contributed by atoms with Gasteiger partial charge in [0.15, 0.2) is 0 Å². The number of amides is 1. The Hall–Kier alpha value is -4.14. The summed E-state index contributed by atoms with van der Waals surface area (Å²) >= 11 is 0. The maximum Gasteiger partial charge on any atom is 0.257 e. The Bertz CT molecular complexity index is 1790. The van der Waals surface area contributed by atoms with E-state index in [1.165, 1.54) is 35.6 Å².